The summed E-state index contributed by atoms with van der Waals surface area (Å²) in [5.41, 5.74) is 0. The van der Waals surface area contributed by atoms with Crippen molar-refractivity contribution in [2.75, 3.05) is 0 Å². The van der Waals surface area contributed by atoms with Gasteiger partial charge in [-0.3, -0.25) is 4.68 Å². The minimum absolute atomic E-state index is 0.677. The van der Waals surface area contributed by atoms with E-state index in [1.165, 1.54) is 6.42 Å². The maximum absolute atomic E-state index is 4.36. The van der Waals surface area contributed by atoms with Crippen molar-refractivity contribution in [2.45, 2.75) is 19.3 Å². The molecule has 0 aliphatic heterocycles. The molecule has 1 saturated carbocycles. The normalized spacial score (nSPS) is 29.0. The third kappa shape index (κ3) is 1.28. The average molecular weight is 263 g/mol. The lowest BCUT2D eigenvalue weighted by Gasteiger charge is -1.94. The molecule has 11 heavy (non-hydrogen) atoms. The molecule has 2 unspecified atom stereocenters. The molecule has 0 radical (unpaired) electrons. The Labute approximate surface area is 79.3 Å². The Morgan fingerprint density at radius 2 is 2.27 bits per heavy atom. The molecule has 0 amide bonds. The third-order valence-corrected chi connectivity index (χ3v) is 2.67. The van der Waals surface area contributed by atoms with Crippen LogP contribution in [0.1, 0.15) is 25.1 Å². The molecule has 3 nitrogen and oxygen atoms in total. The number of halogens is 1. The van der Waals surface area contributed by atoms with Gasteiger partial charge in [0.25, 0.3) is 0 Å². The van der Waals surface area contributed by atoms with Crippen molar-refractivity contribution in [2.24, 2.45) is 13.0 Å². The summed E-state index contributed by atoms with van der Waals surface area (Å²) >= 11 is 2.15. The van der Waals surface area contributed by atoms with E-state index in [0.29, 0.717) is 5.92 Å². The number of aryl methyl sites for hydroxylation is 1. The van der Waals surface area contributed by atoms with E-state index in [9.17, 15) is 0 Å². The molecular formula is C7H10IN3. The van der Waals surface area contributed by atoms with Crippen molar-refractivity contribution in [1.29, 1.82) is 0 Å². The van der Waals surface area contributed by atoms with E-state index in [-0.39, 0.29) is 0 Å². The summed E-state index contributed by atoms with van der Waals surface area (Å²) in [6.45, 7) is 2.26. The van der Waals surface area contributed by atoms with Crippen LogP contribution >= 0.6 is 22.6 Å². The van der Waals surface area contributed by atoms with E-state index >= 15 is 0 Å². The van der Waals surface area contributed by atoms with Crippen molar-refractivity contribution < 1.29 is 0 Å². The van der Waals surface area contributed by atoms with E-state index in [2.05, 4.69) is 39.6 Å². The average Bonchev–Trinajstić information content (AvgIpc) is 2.52. The summed E-state index contributed by atoms with van der Waals surface area (Å²) in [6.07, 6.45) is 1.28. The highest BCUT2D eigenvalue weighted by Gasteiger charge is 2.37. The molecule has 0 spiro atoms. The molecular weight excluding hydrogens is 253 g/mol. The summed E-state index contributed by atoms with van der Waals surface area (Å²) in [7, 11) is 1.97. The predicted molar refractivity (Wildman–Crippen MR) is 50.2 cm³/mol. The maximum atomic E-state index is 4.36. The lowest BCUT2D eigenvalue weighted by molar-refractivity contribution is 0.687. The van der Waals surface area contributed by atoms with Crippen LogP contribution in [-0.2, 0) is 7.05 Å². The monoisotopic (exact) mass is 263 g/mol. The molecule has 2 atom stereocenters. The standard InChI is InChI=1S/C7H10IN3/c1-4-3-5(4)6-9-7(8)10-11(6)2/h4-5H,3H2,1-2H3. The Morgan fingerprint density at radius 1 is 1.64 bits per heavy atom. The lowest BCUT2D eigenvalue weighted by atomic mass is 10.3. The molecule has 0 saturated heterocycles. The first kappa shape index (κ1) is 7.52. The number of hydrogen-bond donors (Lipinski definition) is 0. The zero-order chi connectivity index (χ0) is 8.01. The van der Waals surface area contributed by atoms with Gasteiger partial charge in [0.15, 0.2) is 0 Å². The summed E-state index contributed by atoms with van der Waals surface area (Å²) in [4.78, 5) is 4.36. The Balaban J connectivity index is 2.30. The third-order valence-electron chi connectivity index (χ3n) is 2.21. The zero-order valence-electron chi connectivity index (χ0n) is 6.58. The van der Waals surface area contributed by atoms with Gasteiger partial charge in [0.05, 0.1) is 0 Å². The van der Waals surface area contributed by atoms with E-state index in [0.717, 1.165) is 15.6 Å². The zero-order valence-corrected chi connectivity index (χ0v) is 8.74. The Morgan fingerprint density at radius 3 is 2.64 bits per heavy atom. The summed E-state index contributed by atoms with van der Waals surface area (Å²) in [6, 6.07) is 0. The highest BCUT2D eigenvalue weighted by Crippen LogP contribution is 2.45. The van der Waals surface area contributed by atoms with Crippen LogP contribution < -0.4 is 0 Å². The van der Waals surface area contributed by atoms with Gasteiger partial charge in [-0.1, -0.05) is 6.92 Å². The topological polar surface area (TPSA) is 30.7 Å². The smallest absolute Gasteiger partial charge is 0.211 e. The minimum Gasteiger partial charge on any atom is -0.252 e. The van der Waals surface area contributed by atoms with Gasteiger partial charge < -0.3 is 0 Å². The molecule has 4 heteroatoms. The number of aromatic nitrogens is 3. The van der Waals surface area contributed by atoms with E-state index in [1.54, 1.807) is 0 Å². The van der Waals surface area contributed by atoms with Gasteiger partial charge in [0.2, 0.25) is 3.83 Å². The van der Waals surface area contributed by atoms with Crippen LogP contribution in [0, 0.1) is 9.75 Å². The number of nitrogens with zero attached hydrogens (tertiary/aromatic N) is 3. The molecule has 1 fully saturated rings. The van der Waals surface area contributed by atoms with Crippen LogP contribution in [0.25, 0.3) is 0 Å². The van der Waals surface area contributed by atoms with E-state index < -0.39 is 0 Å². The Hall–Kier alpha value is -0.130. The largest absolute Gasteiger partial charge is 0.252 e. The second-order valence-corrected chi connectivity index (χ2v) is 4.15. The summed E-state index contributed by atoms with van der Waals surface area (Å²) < 4.78 is 2.76. The van der Waals surface area contributed by atoms with Gasteiger partial charge in [0, 0.05) is 35.6 Å². The van der Waals surface area contributed by atoms with Gasteiger partial charge in [0.1, 0.15) is 5.82 Å². The summed E-state index contributed by atoms with van der Waals surface area (Å²) in [5, 5.41) is 4.20. The highest BCUT2D eigenvalue weighted by molar-refractivity contribution is 14.1. The van der Waals surface area contributed by atoms with Gasteiger partial charge in [-0.05, 0) is 12.3 Å². The van der Waals surface area contributed by atoms with Crippen molar-refractivity contribution in [1.82, 2.24) is 14.8 Å². The molecule has 1 aromatic rings. The van der Waals surface area contributed by atoms with Crippen molar-refractivity contribution in [3.05, 3.63) is 9.66 Å². The van der Waals surface area contributed by atoms with Gasteiger partial charge in [-0.15, -0.1) is 5.10 Å². The molecule has 1 heterocycles. The fourth-order valence-electron chi connectivity index (χ4n) is 1.37. The molecule has 60 valence electrons. The molecule has 2 rings (SSSR count). The summed E-state index contributed by atoms with van der Waals surface area (Å²) in [5.74, 6) is 2.65. The van der Waals surface area contributed by atoms with Crippen LogP contribution in [0.5, 0.6) is 0 Å². The van der Waals surface area contributed by atoms with Crippen LogP contribution in [0.15, 0.2) is 0 Å². The Bertz CT molecular complexity index is 281. The maximum Gasteiger partial charge on any atom is 0.211 e. The van der Waals surface area contributed by atoms with Gasteiger partial charge in [-0.2, -0.15) is 0 Å². The highest BCUT2D eigenvalue weighted by atomic mass is 127. The minimum atomic E-state index is 0.677. The number of hydrogen-bond acceptors (Lipinski definition) is 2. The lowest BCUT2D eigenvalue weighted by Crippen LogP contribution is -1.97. The molecule has 0 bridgehead atoms. The first-order chi connectivity index (χ1) is 5.18. The van der Waals surface area contributed by atoms with E-state index in [1.807, 2.05) is 11.7 Å². The first-order valence-corrected chi connectivity index (χ1v) is 4.83. The first-order valence-electron chi connectivity index (χ1n) is 3.75. The van der Waals surface area contributed by atoms with Crippen molar-refractivity contribution >= 4 is 22.6 Å². The molecule has 1 aromatic heterocycles. The fraction of sp³-hybridized carbons (Fsp3) is 0.714. The van der Waals surface area contributed by atoms with E-state index in [4.69, 9.17) is 0 Å². The van der Waals surface area contributed by atoms with Crippen LogP contribution in [-0.4, -0.2) is 14.8 Å². The van der Waals surface area contributed by atoms with Gasteiger partial charge in [-0.25, -0.2) is 4.98 Å². The second-order valence-electron chi connectivity index (χ2n) is 3.18. The molecule has 0 aromatic carbocycles. The van der Waals surface area contributed by atoms with Crippen molar-refractivity contribution in [3.63, 3.8) is 0 Å². The van der Waals surface area contributed by atoms with Crippen molar-refractivity contribution in [3.8, 4) is 0 Å². The Kier molecular flexibility index (Phi) is 1.66. The second kappa shape index (κ2) is 2.43. The molecule has 1 aliphatic carbocycles. The fourth-order valence-corrected chi connectivity index (χ4v) is 1.94. The molecule has 0 N–H and O–H groups in total. The predicted octanol–water partition coefficient (Wildman–Crippen LogP) is 1.54. The number of rotatable bonds is 1. The SMILES string of the molecule is CC1CC1c1nc(I)nn1C. The van der Waals surface area contributed by atoms with Gasteiger partial charge >= 0.3 is 0 Å². The van der Waals surface area contributed by atoms with Crippen LogP contribution in [0.3, 0.4) is 0 Å². The quantitative estimate of drug-likeness (QED) is 0.719. The molecule has 1 aliphatic rings. The van der Waals surface area contributed by atoms with Crippen LogP contribution in [0.4, 0.5) is 0 Å². The van der Waals surface area contributed by atoms with Crippen LogP contribution in [0.2, 0.25) is 0 Å².